The van der Waals surface area contributed by atoms with Crippen molar-refractivity contribution in [1.29, 1.82) is 0 Å². The molecule has 38 valence electrons. The van der Waals surface area contributed by atoms with Gasteiger partial charge in [-0.25, -0.2) is 0 Å². The Bertz CT molecular complexity index is 142. The fourth-order valence-electron chi connectivity index (χ4n) is 0.305. The number of thiophene rings is 1. The number of rotatable bonds is 0. The molecule has 0 spiro atoms. The van der Waals surface area contributed by atoms with E-state index < -0.39 is 0 Å². The van der Waals surface area contributed by atoms with Crippen molar-refractivity contribution >= 4 is 24.0 Å². The van der Waals surface area contributed by atoms with E-state index in [9.17, 15) is 4.39 Å². The number of hydrogen-bond acceptors (Lipinski definition) is 2. The first-order valence-corrected chi connectivity index (χ1v) is 3.00. The maximum Gasteiger partial charge on any atom is 0.177 e. The smallest absolute Gasteiger partial charge is 0.177 e. The van der Waals surface area contributed by atoms with Gasteiger partial charge in [0.15, 0.2) is 5.13 Å². The minimum Gasteiger partial charge on any atom is -0.195 e. The summed E-state index contributed by atoms with van der Waals surface area (Å²) in [7, 11) is 0. The van der Waals surface area contributed by atoms with Gasteiger partial charge in [-0.3, -0.25) is 0 Å². The van der Waals surface area contributed by atoms with Crippen LogP contribution in [0.1, 0.15) is 0 Å². The summed E-state index contributed by atoms with van der Waals surface area (Å²) < 4.78 is 12.6. The first-order chi connectivity index (χ1) is 3.29. The van der Waals surface area contributed by atoms with Crippen LogP contribution >= 0.6 is 24.0 Å². The van der Waals surface area contributed by atoms with Gasteiger partial charge in [0, 0.05) is 0 Å². The quantitative estimate of drug-likeness (QED) is 0.516. The molecule has 1 aromatic rings. The lowest BCUT2D eigenvalue weighted by Gasteiger charge is -1.67. The molecule has 0 nitrogen and oxygen atoms in total. The molecule has 1 rings (SSSR count). The van der Waals surface area contributed by atoms with Crippen molar-refractivity contribution in [3.63, 3.8) is 0 Å². The summed E-state index contributed by atoms with van der Waals surface area (Å²) in [5, 5.41) is -0.176. The predicted molar refractivity (Wildman–Crippen MR) is 31.5 cm³/mol. The zero-order chi connectivity index (χ0) is 5.28. The van der Waals surface area contributed by atoms with Crippen molar-refractivity contribution in [3.05, 3.63) is 17.3 Å². The fourth-order valence-corrected chi connectivity index (χ4v) is 1.11. The number of thiol groups is 1. The first-order valence-electron chi connectivity index (χ1n) is 1.73. The average Bonchev–Trinajstić information content (AvgIpc) is 1.87. The predicted octanol–water partition coefficient (Wildman–Crippen LogP) is 2.18. The van der Waals surface area contributed by atoms with Gasteiger partial charge < -0.3 is 0 Å². The second kappa shape index (κ2) is 1.84. The zero-order valence-corrected chi connectivity index (χ0v) is 5.10. The molecule has 0 aliphatic carbocycles. The molecule has 0 fully saturated rings. The van der Waals surface area contributed by atoms with Crippen molar-refractivity contribution in [2.45, 2.75) is 4.21 Å². The summed E-state index contributed by atoms with van der Waals surface area (Å²) in [5.74, 6) is 0. The maximum atomic E-state index is 11.9. The normalized spacial score (nSPS) is 9.43. The number of hydrogen-bond donors (Lipinski definition) is 1. The zero-order valence-electron chi connectivity index (χ0n) is 3.39. The molecule has 0 saturated carbocycles. The molecular formula is C4H3FS2. The van der Waals surface area contributed by atoms with Gasteiger partial charge in [0.05, 0.1) is 4.21 Å². The molecule has 0 amide bonds. The van der Waals surface area contributed by atoms with Crippen LogP contribution in [-0.2, 0) is 0 Å². The van der Waals surface area contributed by atoms with E-state index in [1.54, 1.807) is 6.07 Å². The van der Waals surface area contributed by atoms with Crippen LogP contribution in [0.4, 0.5) is 4.39 Å². The van der Waals surface area contributed by atoms with Gasteiger partial charge in [0.25, 0.3) is 0 Å². The third kappa shape index (κ3) is 1.17. The molecule has 1 aromatic heterocycles. The highest BCUT2D eigenvalue weighted by Gasteiger charge is 1.89. The lowest BCUT2D eigenvalue weighted by atomic mass is 10.7. The third-order valence-electron chi connectivity index (χ3n) is 0.559. The van der Waals surface area contributed by atoms with Crippen LogP contribution in [-0.4, -0.2) is 0 Å². The van der Waals surface area contributed by atoms with E-state index >= 15 is 0 Å². The Kier molecular flexibility index (Phi) is 1.35. The summed E-state index contributed by atoms with van der Waals surface area (Å²) in [6.07, 6.45) is 0. The Hall–Kier alpha value is -0.0200. The Morgan fingerprint density at radius 2 is 2.29 bits per heavy atom. The van der Waals surface area contributed by atoms with Crippen LogP contribution in [0.3, 0.4) is 0 Å². The van der Waals surface area contributed by atoms with E-state index in [0.29, 0.717) is 0 Å². The molecule has 0 radical (unpaired) electrons. The van der Waals surface area contributed by atoms with E-state index in [1.165, 1.54) is 6.07 Å². The summed E-state index contributed by atoms with van der Waals surface area (Å²) in [6.45, 7) is 0. The Labute approximate surface area is 50.4 Å². The van der Waals surface area contributed by atoms with Crippen LogP contribution in [0.15, 0.2) is 16.3 Å². The Morgan fingerprint density at radius 1 is 1.57 bits per heavy atom. The number of halogens is 1. The maximum absolute atomic E-state index is 11.9. The fraction of sp³-hybridized carbons (Fsp3) is 0. The van der Waals surface area contributed by atoms with E-state index in [1.807, 2.05) is 0 Å². The van der Waals surface area contributed by atoms with E-state index in [4.69, 9.17) is 0 Å². The monoisotopic (exact) mass is 134 g/mol. The molecule has 7 heavy (non-hydrogen) atoms. The second-order valence-electron chi connectivity index (χ2n) is 1.08. The third-order valence-corrected chi connectivity index (χ3v) is 1.66. The minimum absolute atomic E-state index is 0.176. The van der Waals surface area contributed by atoms with Crippen molar-refractivity contribution in [3.8, 4) is 0 Å². The average molecular weight is 134 g/mol. The van der Waals surface area contributed by atoms with E-state index in [-0.39, 0.29) is 5.13 Å². The van der Waals surface area contributed by atoms with Gasteiger partial charge in [-0.05, 0) is 12.1 Å². The Balaban J connectivity index is 3.04. The van der Waals surface area contributed by atoms with Gasteiger partial charge in [-0.15, -0.1) is 12.6 Å². The van der Waals surface area contributed by atoms with Gasteiger partial charge in [0.2, 0.25) is 0 Å². The second-order valence-corrected chi connectivity index (χ2v) is 2.90. The van der Waals surface area contributed by atoms with E-state index in [0.717, 1.165) is 15.5 Å². The lowest BCUT2D eigenvalue weighted by molar-refractivity contribution is 0.657. The topological polar surface area (TPSA) is 0 Å². The molecule has 3 heteroatoms. The lowest BCUT2D eigenvalue weighted by Crippen LogP contribution is -1.43. The molecule has 0 saturated heterocycles. The van der Waals surface area contributed by atoms with Crippen molar-refractivity contribution in [2.75, 3.05) is 0 Å². The first kappa shape index (κ1) is 5.12. The highest BCUT2D eigenvalue weighted by molar-refractivity contribution is 7.82. The van der Waals surface area contributed by atoms with Gasteiger partial charge >= 0.3 is 0 Å². The molecule has 1 heterocycles. The summed E-state index contributed by atoms with van der Waals surface area (Å²) in [5.41, 5.74) is 0. The van der Waals surface area contributed by atoms with Gasteiger partial charge in [-0.1, -0.05) is 11.3 Å². The van der Waals surface area contributed by atoms with Gasteiger partial charge in [-0.2, -0.15) is 4.39 Å². The molecule has 0 atom stereocenters. The van der Waals surface area contributed by atoms with Gasteiger partial charge in [0.1, 0.15) is 0 Å². The van der Waals surface area contributed by atoms with Crippen molar-refractivity contribution < 1.29 is 4.39 Å². The highest BCUT2D eigenvalue weighted by atomic mass is 32.2. The largest absolute Gasteiger partial charge is 0.195 e. The highest BCUT2D eigenvalue weighted by Crippen LogP contribution is 2.16. The minimum atomic E-state index is -0.176. The summed E-state index contributed by atoms with van der Waals surface area (Å²) in [4.78, 5) is 0. The molecule has 0 N–H and O–H groups in total. The standard InChI is InChI=1S/C4H3FS2/c5-3-1-2-4(6)7-3/h1-2,6H. The van der Waals surface area contributed by atoms with E-state index in [2.05, 4.69) is 12.6 Å². The molecule has 0 bridgehead atoms. The molecule has 0 aliphatic rings. The Morgan fingerprint density at radius 3 is 2.43 bits per heavy atom. The van der Waals surface area contributed by atoms with Crippen LogP contribution in [0, 0.1) is 5.13 Å². The molecule has 0 unspecified atom stereocenters. The van der Waals surface area contributed by atoms with Crippen LogP contribution in [0.25, 0.3) is 0 Å². The summed E-state index contributed by atoms with van der Waals surface area (Å²) >= 11 is 4.92. The molecule has 0 aromatic carbocycles. The summed E-state index contributed by atoms with van der Waals surface area (Å²) in [6, 6.07) is 3.02. The SMILES string of the molecule is Fc1ccc(S)s1. The van der Waals surface area contributed by atoms with Crippen molar-refractivity contribution in [2.24, 2.45) is 0 Å². The van der Waals surface area contributed by atoms with Crippen LogP contribution < -0.4 is 0 Å². The van der Waals surface area contributed by atoms with Crippen molar-refractivity contribution in [1.82, 2.24) is 0 Å². The van der Waals surface area contributed by atoms with Crippen LogP contribution in [0.5, 0.6) is 0 Å². The van der Waals surface area contributed by atoms with Crippen LogP contribution in [0.2, 0.25) is 0 Å². The molecular weight excluding hydrogens is 131 g/mol. The molecule has 0 aliphatic heterocycles.